The van der Waals surface area contributed by atoms with E-state index in [1.807, 2.05) is 13.8 Å². The molecular formula is C10H16N4O2. The molecule has 1 saturated heterocycles. The fourth-order valence-electron chi connectivity index (χ4n) is 1.55. The van der Waals surface area contributed by atoms with Gasteiger partial charge in [-0.05, 0) is 13.8 Å². The summed E-state index contributed by atoms with van der Waals surface area (Å²) in [5.41, 5.74) is 1.94. The van der Waals surface area contributed by atoms with E-state index in [0.717, 1.165) is 11.3 Å². The maximum Gasteiger partial charge on any atom is 0.323 e. The van der Waals surface area contributed by atoms with Gasteiger partial charge in [-0.1, -0.05) is 0 Å². The smallest absolute Gasteiger partial charge is 0.323 e. The number of nitrogens with one attached hydrogen (secondary N) is 2. The van der Waals surface area contributed by atoms with Crippen LogP contribution in [0.1, 0.15) is 11.3 Å². The van der Waals surface area contributed by atoms with Crippen molar-refractivity contribution in [3.05, 3.63) is 11.3 Å². The van der Waals surface area contributed by atoms with Gasteiger partial charge in [0.05, 0.1) is 13.2 Å². The Morgan fingerprint density at radius 2 is 2.12 bits per heavy atom. The fraction of sp³-hybridized carbons (Fsp3) is 0.600. The highest BCUT2D eigenvalue weighted by Crippen LogP contribution is 2.14. The molecule has 1 fully saturated rings. The Kier molecular flexibility index (Phi) is 3.09. The van der Waals surface area contributed by atoms with Crippen LogP contribution in [-0.4, -0.2) is 47.4 Å². The molecular weight excluding hydrogens is 208 g/mol. The van der Waals surface area contributed by atoms with Gasteiger partial charge in [-0.25, -0.2) is 4.79 Å². The number of hydrogen-bond donors (Lipinski definition) is 2. The van der Waals surface area contributed by atoms with Crippen LogP contribution in [0.3, 0.4) is 0 Å². The highest BCUT2D eigenvalue weighted by molar-refractivity contribution is 5.89. The molecule has 16 heavy (non-hydrogen) atoms. The molecule has 6 nitrogen and oxygen atoms in total. The van der Waals surface area contributed by atoms with E-state index in [1.54, 1.807) is 4.90 Å². The van der Waals surface area contributed by atoms with Gasteiger partial charge < -0.3 is 9.64 Å². The number of aromatic nitrogens is 2. The molecule has 1 aliphatic heterocycles. The predicted octanol–water partition coefficient (Wildman–Crippen LogP) is 0.891. The highest BCUT2D eigenvalue weighted by Gasteiger charge is 2.18. The SMILES string of the molecule is Cc1[nH]nc(NC(=O)N2CCOCC2)c1C. The Bertz CT molecular complexity index is 382. The van der Waals surface area contributed by atoms with Crippen molar-refractivity contribution < 1.29 is 9.53 Å². The van der Waals surface area contributed by atoms with Crippen LogP contribution < -0.4 is 5.32 Å². The number of carbonyl (C=O) groups excluding carboxylic acids is 1. The van der Waals surface area contributed by atoms with Gasteiger partial charge in [-0.3, -0.25) is 10.4 Å². The van der Waals surface area contributed by atoms with Gasteiger partial charge in [-0.15, -0.1) is 0 Å². The molecule has 88 valence electrons. The Hall–Kier alpha value is -1.56. The predicted molar refractivity (Wildman–Crippen MR) is 59.5 cm³/mol. The summed E-state index contributed by atoms with van der Waals surface area (Å²) in [7, 11) is 0. The zero-order chi connectivity index (χ0) is 11.5. The second kappa shape index (κ2) is 4.52. The van der Waals surface area contributed by atoms with Gasteiger partial charge in [0.2, 0.25) is 0 Å². The number of carbonyl (C=O) groups is 1. The topological polar surface area (TPSA) is 70.2 Å². The largest absolute Gasteiger partial charge is 0.378 e. The summed E-state index contributed by atoms with van der Waals surface area (Å²) in [6, 6.07) is -0.113. The molecule has 2 N–H and O–H groups in total. The van der Waals surface area contributed by atoms with Crippen molar-refractivity contribution in [2.75, 3.05) is 31.6 Å². The van der Waals surface area contributed by atoms with Gasteiger partial charge >= 0.3 is 6.03 Å². The number of H-pyrrole nitrogens is 1. The number of amides is 2. The second-order valence-corrected chi connectivity index (χ2v) is 3.85. The molecule has 0 atom stereocenters. The lowest BCUT2D eigenvalue weighted by Gasteiger charge is -2.26. The third-order valence-corrected chi connectivity index (χ3v) is 2.78. The molecule has 0 unspecified atom stereocenters. The molecule has 2 heterocycles. The van der Waals surface area contributed by atoms with Gasteiger partial charge in [0.25, 0.3) is 0 Å². The Balaban J connectivity index is 1.98. The standard InChI is InChI=1S/C10H16N4O2/c1-7-8(2)12-13-9(7)11-10(15)14-3-5-16-6-4-14/h3-6H2,1-2H3,(H2,11,12,13,15). The number of anilines is 1. The van der Waals surface area contributed by atoms with Gasteiger partial charge in [0.1, 0.15) is 0 Å². The first-order valence-corrected chi connectivity index (χ1v) is 5.33. The van der Waals surface area contributed by atoms with E-state index in [-0.39, 0.29) is 6.03 Å². The van der Waals surface area contributed by atoms with Gasteiger partial charge in [0, 0.05) is 24.3 Å². The lowest BCUT2D eigenvalue weighted by Crippen LogP contribution is -2.43. The van der Waals surface area contributed by atoms with Crippen LogP contribution in [0.2, 0.25) is 0 Å². The molecule has 0 aliphatic carbocycles. The van der Waals surface area contributed by atoms with E-state index in [2.05, 4.69) is 15.5 Å². The van der Waals surface area contributed by atoms with E-state index >= 15 is 0 Å². The van der Waals surface area contributed by atoms with Crippen molar-refractivity contribution >= 4 is 11.8 Å². The number of urea groups is 1. The lowest BCUT2D eigenvalue weighted by atomic mass is 10.3. The number of aromatic amines is 1. The van der Waals surface area contributed by atoms with E-state index in [9.17, 15) is 4.79 Å². The summed E-state index contributed by atoms with van der Waals surface area (Å²) in [6.45, 7) is 6.32. The maximum atomic E-state index is 11.8. The summed E-state index contributed by atoms with van der Waals surface area (Å²) < 4.78 is 5.18. The third kappa shape index (κ3) is 2.16. The van der Waals surface area contributed by atoms with Crippen molar-refractivity contribution in [3.63, 3.8) is 0 Å². The fourth-order valence-corrected chi connectivity index (χ4v) is 1.55. The van der Waals surface area contributed by atoms with E-state index in [0.29, 0.717) is 32.1 Å². The van der Waals surface area contributed by atoms with Gasteiger partial charge in [-0.2, -0.15) is 5.10 Å². The van der Waals surface area contributed by atoms with Crippen LogP contribution >= 0.6 is 0 Å². The van der Waals surface area contributed by atoms with E-state index in [1.165, 1.54) is 0 Å². The number of aryl methyl sites for hydroxylation is 1. The monoisotopic (exact) mass is 224 g/mol. The van der Waals surface area contributed by atoms with Crippen molar-refractivity contribution in [1.29, 1.82) is 0 Å². The van der Waals surface area contributed by atoms with Gasteiger partial charge in [0.15, 0.2) is 5.82 Å². The lowest BCUT2D eigenvalue weighted by molar-refractivity contribution is 0.0564. The number of morpholine rings is 1. The van der Waals surface area contributed by atoms with Crippen molar-refractivity contribution in [3.8, 4) is 0 Å². The van der Waals surface area contributed by atoms with Crippen LogP contribution in [0.25, 0.3) is 0 Å². The zero-order valence-electron chi connectivity index (χ0n) is 9.54. The van der Waals surface area contributed by atoms with Crippen LogP contribution in [0.15, 0.2) is 0 Å². The van der Waals surface area contributed by atoms with Crippen molar-refractivity contribution in [2.24, 2.45) is 0 Å². The number of hydrogen-bond acceptors (Lipinski definition) is 3. The average Bonchev–Trinajstić information content (AvgIpc) is 2.62. The summed E-state index contributed by atoms with van der Waals surface area (Å²) in [4.78, 5) is 13.6. The minimum Gasteiger partial charge on any atom is -0.378 e. The Morgan fingerprint density at radius 1 is 1.44 bits per heavy atom. The third-order valence-electron chi connectivity index (χ3n) is 2.78. The average molecular weight is 224 g/mol. The molecule has 1 aromatic rings. The summed E-state index contributed by atoms with van der Waals surface area (Å²) in [6.07, 6.45) is 0. The molecule has 2 amide bonds. The Morgan fingerprint density at radius 3 is 2.69 bits per heavy atom. The summed E-state index contributed by atoms with van der Waals surface area (Å²) in [5.74, 6) is 0.606. The first-order valence-electron chi connectivity index (χ1n) is 5.33. The van der Waals surface area contributed by atoms with Crippen molar-refractivity contribution in [2.45, 2.75) is 13.8 Å². The summed E-state index contributed by atoms with van der Waals surface area (Å²) >= 11 is 0. The molecule has 0 aromatic carbocycles. The maximum absolute atomic E-state index is 11.8. The molecule has 0 radical (unpaired) electrons. The number of rotatable bonds is 1. The second-order valence-electron chi connectivity index (χ2n) is 3.85. The normalized spacial score (nSPS) is 16.2. The van der Waals surface area contributed by atoms with E-state index in [4.69, 9.17) is 4.74 Å². The quantitative estimate of drug-likeness (QED) is 0.744. The van der Waals surface area contributed by atoms with Crippen LogP contribution in [0, 0.1) is 13.8 Å². The van der Waals surface area contributed by atoms with Crippen LogP contribution in [0.5, 0.6) is 0 Å². The molecule has 1 aromatic heterocycles. The van der Waals surface area contributed by atoms with Crippen molar-refractivity contribution in [1.82, 2.24) is 15.1 Å². The molecule has 2 rings (SSSR count). The first-order chi connectivity index (χ1) is 7.68. The zero-order valence-corrected chi connectivity index (χ0v) is 9.54. The van der Waals surface area contributed by atoms with Crippen LogP contribution in [0.4, 0.5) is 10.6 Å². The molecule has 0 bridgehead atoms. The van der Waals surface area contributed by atoms with E-state index < -0.39 is 0 Å². The molecule has 0 saturated carbocycles. The van der Waals surface area contributed by atoms with Crippen LogP contribution in [-0.2, 0) is 4.74 Å². The minimum atomic E-state index is -0.113. The number of ether oxygens (including phenoxy) is 1. The first kappa shape index (κ1) is 10.9. The molecule has 1 aliphatic rings. The summed E-state index contributed by atoms with van der Waals surface area (Å²) in [5, 5.41) is 9.66. The minimum absolute atomic E-state index is 0.113. The molecule has 6 heteroatoms. The highest BCUT2D eigenvalue weighted by atomic mass is 16.5. The number of nitrogens with zero attached hydrogens (tertiary/aromatic N) is 2. The molecule has 0 spiro atoms. The Labute approximate surface area is 94.0 Å².